The van der Waals surface area contributed by atoms with Crippen LogP contribution in [0.2, 0.25) is 0 Å². The highest BCUT2D eigenvalue weighted by atomic mass is 32.1. The Balaban J connectivity index is 1.69. The van der Waals surface area contributed by atoms with Crippen LogP contribution in [0.15, 0.2) is 41.6 Å². The predicted molar refractivity (Wildman–Crippen MR) is 131 cm³/mol. The van der Waals surface area contributed by atoms with Crippen LogP contribution < -0.4 is 5.32 Å². The van der Waals surface area contributed by atoms with E-state index in [1.165, 1.54) is 6.08 Å². The Morgan fingerprint density at radius 1 is 1.27 bits per heavy atom. The molecule has 8 heteroatoms. The molecule has 3 rings (SSSR count). The summed E-state index contributed by atoms with van der Waals surface area (Å²) in [6.07, 6.45) is 3.53. The summed E-state index contributed by atoms with van der Waals surface area (Å²) in [6, 6.07) is 7.32. The van der Waals surface area contributed by atoms with Crippen LogP contribution in [-0.4, -0.2) is 45.6 Å². The van der Waals surface area contributed by atoms with Gasteiger partial charge in [-0.15, -0.1) is 11.3 Å². The minimum Gasteiger partial charge on any atom is -0.511 e. The zero-order valence-corrected chi connectivity index (χ0v) is 20.4. The molecule has 0 spiro atoms. The molecule has 3 atom stereocenters. The van der Waals surface area contributed by atoms with Crippen LogP contribution in [0.4, 0.5) is 0 Å². The molecule has 33 heavy (non-hydrogen) atoms. The normalized spacial score (nSPS) is 18.3. The van der Waals surface area contributed by atoms with Crippen molar-refractivity contribution in [3.8, 4) is 10.4 Å². The highest BCUT2D eigenvalue weighted by molar-refractivity contribution is 7.13. The third-order valence-corrected chi connectivity index (χ3v) is 7.10. The Labute approximate surface area is 199 Å². The summed E-state index contributed by atoms with van der Waals surface area (Å²) in [7, 11) is 0. The zero-order chi connectivity index (χ0) is 24.1. The number of nitrogens with zero attached hydrogens (tertiary/aromatic N) is 2. The quantitative estimate of drug-likeness (QED) is 0.387. The Morgan fingerprint density at radius 2 is 1.97 bits per heavy atom. The maximum absolute atomic E-state index is 13.2. The van der Waals surface area contributed by atoms with Gasteiger partial charge in [-0.3, -0.25) is 9.59 Å². The summed E-state index contributed by atoms with van der Waals surface area (Å²) >= 11 is 1.60. The molecule has 1 aliphatic heterocycles. The van der Waals surface area contributed by atoms with E-state index in [9.17, 15) is 14.7 Å². The van der Waals surface area contributed by atoms with Crippen molar-refractivity contribution >= 4 is 29.4 Å². The van der Waals surface area contributed by atoms with Crippen LogP contribution in [0.3, 0.4) is 0 Å². The van der Waals surface area contributed by atoms with E-state index in [-0.39, 0.29) is 29.5 Å². The molecule has 2 aromatic rings. The second-order valence-corrected chi connectivity index (χ2v) is 9.64. The lowest BCUT2D eigenvalue weighted by atomic mass is 9.91. The molecule has 1 aromatic carbocycles. The molecule has 1 aromatic heterocycles. The van der Waals surface area contributed by atoms with E-state index in [0.717, 1.165) is 34.3 Å². The van der Waals surface area contributed by atoms with Gasteiger partial charge in [0.2, 0.25) is 11.8 Å². The number of aromatic nitrogens is 1. The van der Waals surface area contributed by atoms with Gasteiger partial charge in [-0.2, -0.15) is 0 Å². The van der Waals surface area contributed by atoms with E-state index in [2.05, 4.69) is 10.3 Å². The molecule has 2 heterocycles. The number of thiazole rings is 1. The number of carbonyl (C=O) groups excluding carboxylic acids is 2. The fourth-order valence-electron chi connectivity index (χ4n) is 4.32. The molecule has 3 N–H and O–H groups in total. The summed E-state index contributed by atoms with van der Waals surface area (Å²) in [6.45, 7) is 8.10. The number of hydrogen-bond acceptors (Lipinski definition) is 6. The van der Waals surface area contributed by atoms with Crippen LogP contribution in [0, 0.1) is 24.2 Å². The minimum atomic E-state index is -0.764. The average Bonchev–Trinajstić information content (AvgIpc) is 3.43. The van der Waals surface area contributed by atoms with Crippen molar-refractivity contribution in [3.05, 3.63) is 52.9 Å². The molecule has 0 radical (unpaired) electrons. The Hall–Kier alpha value is -3.00. The molecule has 0 aliphatic carbocycles. The van der Waals surface area contributed by atoms with Gasteiger partial charge in [0.05, 0.1) is 28.0 Å². The number of likely N-dealkylation sites (tertiary alicyclic amines) is 1. The number of benzene rings is 1. The number of nitrogens with one attached hydrogen (secondary N) is 2. The van der Waals surface area contributed by atoms with Crippen molar-refractivity contribution < 1.29 is 14.7 Å². The fraction of sp³-hybridized carbons (Fsp3) is 0.440. The maximum Gasteiger partial charge on any atom is 0.243 e. The molecule has 1 aliphatic rings. The number of aliphatic hydroxyl groups is 1. The Kier molecular flexibility index (Phi) is 8.02. The first-order valence-corrected chi connectivity index (χ1v) is 12.1. The highest BCUT2D eigenvalue weighted by Crippen LogP contribution is 2.29. The molecular weight excluding hydrogens is 436 g/mol. The summed E-state index contributed by atoms with van der Waals surface area (Å²) in [5, 5.41) is 20.5. The number of carbonyl (C=O) groups is 2. The van der Waals surface area contributed by atoms with Crippen LogP contribution in [0.5, 0.6) is 0 Å². The first-order chi connectivity index (χ1) is 15.7. The van der Waals surface area contributed by atoms with Crippen molar-refractivity contribution in [2.24, 2.45) is 11.8 Å². The molecule has 176 valence electrons. The summed E-state index contributed by atoms with van der Waals surface area (Å²) < 4.78 is 0. The number of rotatable bonds is 8. The largest absolute Gasteiger partial charge is 0.511 e. The first-order valence-electron chi connectivity index (χ1n) is 11.3. The van der Waals surface area contributed by atoms with E-state index in [1.807, 2.05) is 57.5 Å². The van der Waals surface area contributed by atoms with E-state index in [4.69, 9.17) is 5.41 Å². The smallest absolute Gasteiger partial charge is 0.243 e. The van der Waals surface area contributed by atoms with E-state index in [0.29, 0.717) is 13.0 Å². The molecular formula is C25H32N4O3S. The molecule has 7 nitrogen and oxygen atoms in total. The average molecular weight is 469 g/mol. The molecule has 1 fully saturated rings. The van der Waals surface area contributed by atoms with Gasteiger partial charge >= 0.3 is 0 Å². The third-order valence-electron chi connectivity index (χ3n) is 6.12. The van der Waals surface area contributed by atoms with Crippen LogP contribution in [0.1, 0.15) is 50.9 Å². The second kappa shape index (κ2) is 10.7. The summed E-state index contributed by atoms with van der Waals surface area (Å²) in [5.74, 6) is -1.51. The summed E-state index contributed by atoms with van der Waals surface area (Å²) in [4.78, 5) is 33.3. The predicted octanol–water partition coefficient (Wildman–Crippen LogP) is 4.65. The van der Waals surface area contributed by atoms with Crippen molar-refractivity contribution in [2.45, 2.75) is 52.6 Å². The molecule has 0 bridgehead atoms. The number of aliphatic hydroxyl groups excluding tert-OH is 1. The SMILES string of the molecule is Cc1ncsc1-c1ccc([C@H](C)NC(=O)[C@@H]2CCCN2C(=O)C(/C(O)=C/C=N)C(C)C)cc1. The van der Waals surface area contributed by atoms with E-state index in [1.54, 1.807) is 16.2 Å². The third kappa shape index (κ3) is 5.50. The van der Waals surface area contributed by atoms with Crippen molar-refractivity contribution in [3.63, 3.8) is 0 Å². The number of aryl methyl sites for hydroxylation is 1. The van der Waals surface area contributed by atoms with Gasteiger partial charge in [-0.1, -0.05) is 38.1 Å². The lowest BCUT2D eigenvalue weighted by molar-refractivity contribution is -0.142. The Morgan fingerprint density at radius 3 is 2.55 bits per heavy atom. The van der Waals surface area contributed by atoms with Crippen LogP contribution in [0.25, 0.3) is 10.4 Å². The first kappa shape index (κ1) is 24.6. The van der Waals surface area contributed by atoms with Gasteiger partial charge < -0.3 is 20.7 Å². The second-order valence-electron chi connectivity index (χ2n) is 8.79. The lowest BCUT2D eigenvalue weighted by Crippen LogP contribution is -2.49. The van der Waals surface area contributed by atoms with Crippen molar-refractivity contribution in [2.75, 3.05) is 6.54 Å². The molecule has 2 amide bonds. The Bertz CT molecular complexity index is 1030. The fourth-order valence-corrected chi connectivity index (χ4v) is 5.13. The van der Waals surface area contributed by atoms with Gasteiger partial charge in [0.25, 0.3) is 0 Å². The molecule has 1 unspecified atom stereocenters. The van der Waals surface area contributed by atoms with Gasteiger partial charge in [-0.05, 0) is 49.8 Å². The van der Waals surface area contributed by atoms with Gasteiger partial charge in [0, 0.05) is 12.8 Å². The molecule has 1 saturated heterocycles. The van der Waals surface area contributed by atoms with Gasteiger partial charge in [-0.25, -0.2) is 4.98 Å². The summed E-state index contributed by atoms with van der Waals surface area (Å²) in [5.41, 5.74) is 4.92. The van der Waals surface area contributed by atoms with E-state index < -0.39 is 12.0 Å². The minimum absolute atomic E-state index is 0.138. The van der Waals surface area contributed by atoms with Crippen LogP contribution in [-0.2, 0) is 9.59 Å². The van der Waals surface area contributed by atoms with Crippen LogP contribution >= 0.6 is 11.3 Å². The number of hydrogen-bond donors (Lipinski definition) is 3. The highest BCUT2D eigenvalue weighted by Gasteiger charge is 2.39. The van der Waals surface area contributed by atoms with Crippen molar-refractivity contribution in [1.29, 1.82) is 5.41 Å². The number of allylic oxidation sites excluding steroid dienone is 1. The zero-order valence-electron chi connectivity index (χ0n) is 19.5. The number of amides is 2. The standard InChI is InChI=1S/C25H32N4O3S/c1-15(2)22(21(30)11-12-26)25(32)29-13-5-6-20(29)24(31)28-16(3)18-7-9-19(10-8-18)23-17(4)27-14-33-23/h7-12,14-16,20,22,26,30H,5-6,13H2,1-4H3,(H,28,31)/b21-11-,26-12?/t16-,20-,22?/m0/s1. The van der Waals surface area contributed by atoms with E-state index >= 15 is 0 Å². The maximum atomic E-state index is 13.2. The van der Waals surface area contributed by atoms with Crippen molar-refractivity contribution in [1.82, 2.24) is 15.2 Å². The lowest BCUT2D eigenvalue weighted by Gasteiger charge is -2.30. The monoisotopic (exact) mass is 468 g/mol. The molecule has 0 saturated carbocycles. The van der Waals surface area contributed by atoms with Gasteiger partial charge in [0.1, 0.15) is 11.8 Å². The van der Waals surface area contributed by atoms with Gasteiger partial charge in [0.15, 0.2) is 0 Å². The topological polar surface area (TPSA) is 106 Å².